The fraction of sp³-hybridized carbons (Fsp3) is 0.188. The summed E-state index contributed by atoms with van der Waals surface area (Å²) in [6.07, 6.45) is 0.334. The lowest BCUT2D eigenvalue weighted by atomic mass is 10.0. The average molecular weight is 308 g/mol. The molecule has 0 N–H and O–H groups in total. The van der Waals surface area contributed by atoms with Gasteiger partial charge in [-0.3, -0.25) is 4.79 Å². The number of likely N-dealkylation sites (N-methyl/N-ethyl adjacent to an activating group) is 1. The fourth-order valence-electron chi connectivity index (χ4n) is 2.51. The highest BCUT2D eigenvalue weighted by Gasteiger charge is 2.25. The molecule has 1 aliphatic rings. The highest BCUT2D eigenvalue weighted by Crippen LogP contribution is 2.35. The molecule has 0 radical (unpaired) electrons. The Morgan fingerprint density at radius 1 is 1.10 bits per heavy atom. The molecular weight excluding hydrogens is 296 g/mol. The van der Waals surface area contributed by atoms with Crippen LogP contribution in [0.4, 0.5) is 14.5 Å². The van der Waals surface area contributed by atoms with Crippen molar-refractivity contribution in [2.75, 3.05) is 11.9 Å². The summed E-state index contributed by atoms with van der Waals surface area (Å²) >= 11 is 6.34. The predicted molar refractivity (Wildman–Crippen MR) is 77.6 cm³/mol. The Kier molecular flexibility index (Phi) is 3.41. The van der Waals surface area contributed by atoms with Gasteiger partial charge in [0.25, 0.3) is 0 Å². The second-order valence-corrected chi connectivity index (χ2v) is 5.49. The minimum absolute atomic E-state index is 0.0288. The quantitative estimate of drug-likeness (QED) is 0.773. The molecule has 1 heterocycles. The summed E-state index contributed by atoms with van der Waals surface area (Å²) in [6.45, 7) is 0. The number of amides is 1. The van der Waals surface area contributed by atoms with E-state index in [1.807, 2.05) is 12.1 Å². The summed E-state index contributed by atoms with van der Waals surface area (Å²) in [6, 6.07) is 9.08. The normalized spacial score (nSPS) is 15.2. The lowest BCUT2D eigenvalue weighted by Crippen LogP contribution is -2.20. The molecule has 1 amide bonds. The molecular formula is C16H12ClF2NO. The molecule has 0 bridgehead atoms. The Labute approximate surface area is 125 Å². The zero-order chi connectivity index (χ0) is 15.1. The van der Waals surface area contributed by atoms with Crippen LogP contribution in [-0.2, 0) is 11.2 Å². The second-order valence-electron chi connectivity index (χ2n) is 5.05. The van der Waals surface area contributed by atoms with Crippen molar-refractivity contribution >= 4 is 23.2 Å². The number of nitrogens with zero attached hydrogens (tertiary/aromatic N) is 1. The number of anilines is 1. The van der Waals surface area contributed by atoms with Gasteiger partial charge in [0.2, 0.25) is 5.91 Å². The number of hydrogen-bond donors (Lipinski definition) is 0. The van der Waals surface area contributed by atoms with Gasteiger partial charge in [0.15, 0.2) is 11.6 Å². The molecule has 0 fully saturated rings. The molecule has 3 rings (SSSR count). The molecule has 0 aromatic heterocycles. The second kappa shape index (κ2) is 5.11. The Bertz CT molecular complexity index is 732. The van der Waals surface area contributed by atoms with E-state index in [0.29, 0.717) is 12.0 Å². The minimum atomic E-state index is -0.922. The molecule has 1 unspecified atom stereocenters. The summed E-state index contributed by atoms with van der Waals surface area (Å²) in [5.74, 6) is -1.79. The van der Waals surface area contributed by atoms with Crippen LogP contribution in [0.1, 0.15) is 22.1 Å². The molecule has 0 spiro atoms. The van der Waals surface area contributed by atoms with Gasteiger partial charge in [-0.25, -0.2) is 8.78 Å². The van der Waals surface area contributed by atoms with Crippen molar-refractivity contribution in [3.8, 4) is 0 Å². The number of carbonyl (C=O) groups is 1. The van der Waals surface area contributed by atoms with Gasteiger partial charge in [0.05, 0.1) is 11.8 Å². The third kappa shape index (κ3) is 2.40. The van der Waals surface area contributed by atoms with E-state index >= 15 is 0 Å². The number of halogens is 3. The van der Waals surface area contributed by atoms with E-state index in [9.17, 15) is 13.6 Å². The lowest BCUT2D eigenvalue weighted by molar-refractivity contribution is -0.117. The SMILES string of the molecule is CN1C(=O)Cc2cc(C(Cl)c3ccc(F)c(F)c3)ccc21. The summed E-state index contributed by atoms with van der Waals surface area (Å²) in [7, 11) is 1.72. The molecule has 0 aliphatic carbocycles. The van der Waals surface area contributed by atoms with Crippen molar-refractivity contribution in [1.82, 2.24) is 0 Å². The number of fused-ring (bicyclic) bond motifs is 1. The van der Waals surface area contributed by atoms with Crippen molar-refractivity contribution in [2.45, 2.75) is 11.8 Å². The van der Waals surface area contributed by atoms with Crippen molar-refractivity contribution in [3.63, 3.8) is 0 Å². The highest BCUT2D eigenvalue weighted by atomic mass is 35.5. The molecule has 0 saturated carbocycles. The van der Waals surface area contributed by atoms with Crippen molar-refractivity contribution in [3.05, 3.63) is 64.7 Å². The van der Waals surface area contributed by atoms with Crippen LogP contribution in [0.25, 0.3) is 0 Å². The van der Waals surface area contributed by atoms with Gasteiger partial charge in [-0.2, -0.15) is 0 Å². The molecule has 1 aliphatic heterocycles. The first-order valence-electron chi connectivity index (χ1n) is 6.46. The molecule has 21 heavy (non-hydrogen) atoms. The first kappa shape index (κ1) is 14.0. The number of hydrogen-bond acceptors (Lipinski definition) is 1. The van der Waals surface area contributed by atoms with Gasteiger partial charge < -0.3 is 4.90 Å². The Balaban J connectivity index is 1.96. The van der Waals surface area contributed by atoms with E-state index < -0.39 is 17.0 Å². The van der Waals surface area contributed by atoms with Crippen molar-refractivity contribution in [1.29, 1.82) is 0 Å². The molecule has 5 heteroatoms. The van der Waals surface area contributed by atoms with Gasteiger partial charge in [-0.15, -0.1) is 11.6 Å². The summed E-state index contributed by atoms with van der Waals surface area (Å²) < 4.78 is 26.3. The van der Waals surface area contributed by atoms with Gasteiger partial charge in [0, 0.05) is 12.7 Å². The van der Waals surface area contributed by atoms with E-state index in [2.05, 4.69) is 0 Å². The maximum Gasteiger partial charge on any atom is 0.231 e. The zero-order valence-electron chi connectivity index (χ0n) is 11.2. The third-order valence-corrected chi connectivity index (χ3v) is 4.21. The topological polar surface area (TPSA) is 20.3 Å². The van der Waals surface area contributed by atoms with Crippen LogP contribution in [0.2, 0.25) is 0 Å². The monoisotopic (exact) mass is 307 g/mol. The predicted octanol–water partition coefficient (Wildman–Crippen LogP) is 3.81. The zero-order valence-corrected chi connectivity index (χ0v) is 12.0. The molecule has 2 aromatic rings. The van der Waals surface area contributed by atoms with Gasteiger partial charge in [0.1, 0.15) is 0 Å². The van der Waals surface area contributed by atoms with E-state index in [0.717, 1.165) is 28.9 Å². The van der Waals surface area contributed by atoms with E-state index in [1.54, 1.807) is 18.0 Å². The largest absolute Gasteiger partial charge is 0.315 e. The molecule has 2 aromatic carbocycles. The van der Waals surface area contributed by atoms with E-state index in [-0.39, 0.29) is 5.91 Å². The number of carbonyl (C=O) groups excluding carboxylic acids is 1. The summed E-state index contributed by atoms with van der Waals surface area (Å²) in [4.78, 5) is 13.3. The smallest absolute Gasteiger partial charge is 0.231 e. The highest BCUT2D eigenvalue weighted by molar-refractivity contribution is 6.22. The maximum absolute atomic E-state index is 13.3. The van der Waals surface area contributed by atoms with Crippen LogP contribution in [-0.4, -0.2) is 13.0 Å². The molecule has 0 saturated heterocycles. The Morgan fingerprint density at radius 2 is 1.76 bits per heavy atom. The Morgan fingerprint density at radius 3 is 2.48 bits per heavy atom. The van der Waals surface area contributed by atoms with Crippen molar-refractivity contribution < 1.29 is 13.6 Å². The third-order valence-electron chi connectivity index (χ3n) is 3.71. The van der Waals surface area contributed by atoms with E-state index in [4.69, 9.17) is 11.6 Å². The maximum atomic E-state index is 13.3. The van der Waals surface area contributed by atoms with Gasteiger partial charge in [-0.1, -0.05) is 18.2 Å². The van der Waals surface area contributed by atoms with Crippen LogP contribution < -0.4 is 4.90 Å². The molecule has 1 atom stereocenters. The number of rotatable bonds is 2. The fourth-order valence-corrected chi connectivity index (χ4v) is 2.78. The van der Waals surface area contributed by atoms with Crippen LogP contribution in [0.15, 0.2) is 36.4 Å². The van der Waals surface area contributed by atoms with E-state index in [1.165, 1.54) is 6.07 Å². The first-order valence-corrected chi connectivity index (χ1v) is 6.89. The standard InChI is InChI=1S/C16H12ClF2NO/c1-20-14-5-3-9(6-11(14)8-15(20)21)16(17)10-2-4-12(18)13(19)7-10/h2-7,16H,8H2,1H3. The van der Waals surface area contributed by atoms with Crippen LogP contribution in [0, 0.1) is 11.6 Å². The first-order chi connectivity index (χ1) is 9.97. The minimum Gasteiger partial charge on any atom is -0.315 e. The lowest BCUT2D eigenvalue weighted by Gasteiger charge is -2.14. The summed E-state index contributed by atoms with van der Waals surface area (Å²) in [5.41, 5.74) is 2.99. The summed E-state index contributed by atoms with van der Waals surface area (Å²) in [5, 5.41) is -0.591. The van der Waals surface area contributed by atoms with Crippen LogP contribution >= 0.6 is 11.6 Å². The average Bonchev–Trinajstić information content (AvgIpc) is 2.76. The Hall–Kier alpha value is -1.94. The van der Waals surface area contributed by atoms with Crippen molar-refractivity contribution in [2.24, 2.45) is 0 Å². The van der Waals surface area contributed by atoms with Crippen LogP contribution in [0.3, 0.4) is 0 Å². The van der Waals surface area contributed by atoms with Crippen LogP contribution in [0.5, 0.6) is 0 Å². The van der Waals surface area contributed by atoms with Gasteiger partial charge >= 0.3 is 0 Å². The van der Waals surface area contributed by atoms with Gasteiger partial charge in [-0.05, 0) is 34.9 Å². The number of alkyl halides is 1. The number of benzene rings is 2. The molecule has 2 nitrogen and oxygen atoms in total. The molecule has 108 valence electrons.